The van der Waals surface area contributed by atoms with Crippen molar-refractivity contribution < 1.29 is 9.13 Å². The first-order valence-electron chi connectivity index (χ1n) is 6.40. The number of nitriles is 1. The van der Waals surface area contributed by atoms with Crippen molar-refractivity contribution in [2.24, 2.45) is 0 Å². The number of halogens is 1. The fourth-order valence-electron chi connectivity index (χ4n) is 1.69. The van der Waals surface area contributed by atoms with Crippen LogP contribution in [-0.4, -0.2) is 13.2 Å². The van der Waals surface area contributed by atoms with Gasteiger partial charge in [0.15, 0.2) is 0 Å². The van der Waals surface area contributed by atoms with E-state index < -0.39 is 0 Å². The molecule has 2 rings (SSSR count). The lowest BCUT2D eigenvalue weighted by molar-refractivity contribution is 0.314. The fourth-order valence-corrected chi connectivity index (χ4v) is 1.69. The smallest absolute Gasteiger partial charge is 0.123 e. The topological polar surface area (TPSA) is 45.0 Å². The summed E-state index contributed by atoms with van der Waals surface area (Å²) in [6.07, 6.45) is 0.831. The third kappa shape index (κ3) is 4.29. The predicted molar refractivity (Wildman–Crippen MR) is 76.2 cm³/mol. The summed E-state index contributed by atoms with van der Waals surface area (Å²) in [7, 11) is 0. The van der Waals surface area contributed by atoms with Gasteiger partial charge in [0.1, 0.15) is 11.6 Å². The minimum absolute atomic E-state index is 0.264. The summed E-state index contributed by atoms with van der Waals surface area (Å²) in [5.74, 6) is 0.407. The number of nitrogens with one attached hydrogen (secondary N) is 1. The van der Waals surface area contributed by atoms with E-state index in [1.807, 2.05) is 12.1 Å². The molecule has 102 valence electrons. The predicted octanol–water partition coefficient (Wildman–Crippen LogP) is 3.58. The molecule has 0 saturated heterocycles. The molecular formula is C16H15FN2O. The molecule has 0 aliphatic carbocycles. The highest BCUT2D eigenvalue weighted by Gasteiger charge is 1.96. The number of hydrogen-bond donors (Lipinski definition) is 1. The van der Waals surface area contributed by atoms with Crippen LogP contribution in [-0.2, 0) is 0 Å². The summed E-state index contributed by atoms with van der Waals surface area (Å²) in [6, 6.07) is 15.4. The molecule has 2 aromatic carbocycles. The Morgan fingerprint density at radius 3 is 2.40 bits per heavy atom. The average Bonchev–Trinajstić information content (AvgIpc) is 2.49. The van der Waals surface area contributed by atoms with Gasteiger partial charge in [-0.1, -0.05) is 0 Å². The highest BCUT2D eigenvalue weighted by Crippen LogP contribution is 2.11. The average molecular weight is 270 g/mol. The molecule has 0 atom stereocenters. The number of anilines is 1. The van der Waals surface area contributed by atoms with Gasteiger partial charge in [-0.15, -0.1) is 0 Å². The van der Waals surface area contributed by atoms with Crippen LogP contribution in [0.15, 0.2) is 48.5 Å². The van der Waals surface area contributed by atoms with Gasteiger partial charge in [-0.3, -0.25) is 0 Å². The van der Waals surface area contributed by atoms with Gasteiger partial charge in [0.25, 0.3) is 0 Å². The minimum atomic E-state index is -0.264. The molecule has 0 aromatic heterocycles. The first kappa shape index (κ1) is 13.9. The Hall–Kier alpha value is -2.54. The van der Waals surface area contributed by atoms with Gasteiger partial charge in [-0.25, -0.2) is 4.39 Å². The highest BCUT2D eigenvalue weighted by atomic mass is 19.1. The van der Waals surface area contributed by atoms with E-state index in [9.17, 15) is 4.39 Å². The first-order chi connectivity index (χ1) is 9.78. The summed E-state index contributed by atoms with van der Waals surface area (Å²) in [4.78, 5) is 0. The van der Waals surface area contributed by atoms with Gasteiger partial charge in [0, 0.05) is 12.2 Å². The Labute approximate surface area is 117 Å². The van der Waals surface area contributed by atoms with Crippen molar-refractivity contribution in [3.05, 3.63) is 59.9 Å². The third-order valence-corrected chi connectivity index (χ3v) is 2.75. The Morgan fingerprint density at radius 1 is 1.05 bits per heavy atom. The Morgan fingerprint density at radius 2 is 1.75 bits per heavy atom. The molecule has 0 unspecified atom stereocenters. The number of rotatable bonds is 6. The molecule has 0 fully saturated rings. The standard InChI is InChI=1S/C16H15FN2O/c17-14-4-8-16(9-5-14)20-11-1-10-19-15-6-2-13(12-18)3-7-15/h2-9,19H,1,10-11H2. The minimum Gasteiger partial charge on any atom is -0.494 e. The number of benzene rings is 2. The van der Waals surface area contributed by atoms with Crippen LogP contribution in [0.1, 0.15) is 12.0 Å². The zero-order valence-electron chi connectivity index (χ0n) is 11.0. The van der Waals surface area contributed by atoms with Crippen molar-refractivity contribution in [2.45, 2.75) is 6.42 Å². The lowest BCUT2D eigenvalue weighted by Gasteiger charge is -2.08. The van der Waals surface area contributed by atoms with Gasteiger partial charge in [0.05, 0.1) is 18.2 Å². The molecule has 20 heavy (non-hydrogen) atoms. The maximum absolute atomic E-state index is 12.7. The van der Waals surface area contributed by atoms with E-state index in [0.717, 1.165) is 18.7 Å². The Kier molecular flexibility index (Phi) is 4.96. The van der Waals surface area contributed by atoms with E-state index in [4.69, 9.17) is 10.00 Å². The molecule has 0 amide bonds. The van der Waals surface area contributed by atoms with Crippen LogP contribution >= 0.6 is 0 Å². The van der Waals surface area contributed by atoms with E-state index in [1.165, 1.54) is 12.1 Å². The van der Waals surface area contributed by atoms with Crippen molar-refractivity contribution in [3.8, 4) is 11.8 Å². The van der Waals surface area contributed by atoms with Crippen molar-refractivity contribution in [1.29, 1.82) is 5.26 Å². The second kappa shape index (κ2) is 7.15. The second-order valence-electron chi connectivity index (χ2n) is 4.27. The summed E-state index contributed by atoms with van der Waals surface area (Å²) in [5.41, 5.74) is 1.63. The Bertz CT molecular complexity index is 573. The third-order valence-electron chi connectivity index (χ3n) is 2.75. The zero-order valence-corrected chi connectivity index (χ0v) is 11.0. The summed E-state index contributed by atoms with van der Waals surface area (Å²) in [5, 5.41) is 11.9. The molecule has 0 heterocycles. The second-order valence-corrected chi connectivity index (χ2v) is 4.27. The van der Waals surface area contributed by atoms with E-state index in [-0.39, 0.29) is 5.82 Å². The molecule has 0 saturated carbocycles. The molecular weight excluding hydrogens is 255 g/mol. The van der Waals surface area contributed by atoms with Crippen LogP contribution in [0.2, 0.25) is 0 Å². The SMILES string of the molecule is N#Cc1ccc(NCCCOc2ccc(F)cc2)cc1. The maximum Gasteiger partial charge on any atom is 0.123 e. The van der Waals surface area contributed by atoms with Crippen molar-refractivity contribution in [3.63, 3.8) is 0 Å². The monoisotopic (exact) mass is 270 g/mol. The fraction of sp³-hybridized carbons (Fsp3) is 0.188. The van der Waals surface area contributed by atoms with Crippen LogP contribution < -0.4 is 10.1 Å². The van der Waals surface area contributed by atoms with Gasteiger partial charge < -0.3 is 10.1 Å². The van der Waals surface area contributed by atoms with Gasteiger partial charge in [0.2, 0.25) is 0 Å². The van der Waals surface area contributed by atoms with Crippen LogP contribution in [0.5, 0.6) is 5.75 Å². The van der Waals surface area contributed by atoms with Crippen LogP contribution in [0.25, 0.3) is 0 Å². The molecule has 4 heteroatoms. The zero-order chi connectivity index (χ0) is 14.2. The Balaban J connectivity index is 1.66. The highest BCUT2D eigenvalue weighted by molar-refractivity contribution is 5.47. The summed E-state index contributed by atoms with van der Waals surface area (Å²) >= 11 is 0. The number of ether oxygens (including phenoxy) is 1. The number of hydrogen-bond acceptors (Lipinski definition) is 3. The largest absolute Gasteiger partial charge is 0.494 e. The van der Waals surface area contributed by atoms with Crippen LogP contribution in [0, 0.1) is 17.1 Å². The summed E-state index contributed by atoms with van der Waals surface area (Å²) in [6.45, 7) is 1.34. The van der Waals surface area contributed by atoms with E-state index in [2.05, 4.69) is 11.4 Å². The van der Waals surface area contributed by atoms with E-state index in [1.54, 1.807) is 24.3 Å². The normalized spacial score (nSPS) is 9.80. The van der Waals surface area contributed by atoms with Gasteiger partial charge in [-0.05, 0) is 55.0 Å². The molecule has 2 aromatic rings. The van der Waals surface area contributed by atoms with E-state index in [0.29, 0.717) is 17.9 Å². The molecule has 0 spiro atoms. The lowest BCUT2D eigenvalue weighted by Crippen LogP contribution is -2.07. The maximum atomic E-state index is 12.7. The van der Waals surface area contributed by atoms with Crippen LogP contribution in [0.4, 0.5) is 10.1 Å². The molecule has 3 nitrogen and oxygen atoms in total. The van der Waals surface area contributed by atoms with Crippen molar-refractivity contribution in [2.75, 3.05) is 18.5 Å². The van der Waals surface area contributed by atoms with Crippen LogP contribution in [0.3, 0.4) is 0 Å². The summed E-state index contributed by atoms with van der Waals surface area (Å²) < 4.78 is 18.2. The molecule has 0 aliphatic heterocycles. The number of nitrogens with zero attached hydrogens (tertiary/aromatic N) is 1. The molecule has 0 radical (unpaired) electrons. The van der Waals surface area contributed by atoms with Gasteiger partial charge in [-0.2, -0.15) is 5.26 Å². The van der Waals surface area contributed by atoms with E-state index >= 15 is 0 Å². The first-order valence-corrected chi connectivity index (χ1v) is 6.40. The lowest BCUT2D eigenvalue weighted by atomic mass is 10.2. The molecule has 0 aliphatic rings. The molecule has 0 bridgehead atoms. The van der Waals surface area contributed by atoms with Crippen molar-refractivity contribution in [1.82, 2.24) is 0 Å². The van der Waals surface area contributed by atoms with Gasteiger partial charge >= 0.3 is 0 Å². The quantitative estimate of drug-likeness (QED) is 0.816. The molecule has 1 N–H and O–H groups in total. The van der Waals surface area contributed by atoms with Crippen molar-refractivity contribution >= 4 is 5.69 Å².